The van der Waals surface area contributed by atoms with Crippen LogP contribution in [0.1, 0.15) is 86.3 Å². The Morgan fingerprint density at radius 2 is 1.41 bits per heavy atom. The molecule has 1 saturated carbocycles. The molecule has 0 unspecified atom stereocenters. The Morgan fingerprint density at radius 3 is 1.97 bits per heavy atom. The molecule has 12 heteroatoms. The molecular formula is C59H59FN6O5. The van der Waals surface area contributed by atoms with Gasteiger partial charge in [-0.2, -0.15) is 15.1 Å². The van der Waals surface area contributed by atoms with Crippen molar-refractivity contribution in [1.82, 2.24) is 24.6 Å². The van der Waals surface area contributed by atoms with E-state index in [4.69, 9.17) is 34.0 Å². The van der Waals surface area contributed by atoms with Gasteiger partial charge in [0, 0.05) is 54.4 Å². The molecule has 2 aromatic heterocycles. The molecule has 8 aromatic rings. The number of piperazine rings is 1. The van der Waals surface area contributed by atoms with E-state index in [0.29, 0.717) is 53.4 Å². The molecule has 4 heterocycles. The van der Waals surface area contributed by atoms with Crippen molar-refractivity contribution >= 4 is 33.7 Å². The number of benzene rings is 6. The van der Waals surface area contributed by atoms with Crippen LogP contribution in [0.5, 0.6) is 11.8 Å². The second kappa shape index (κ2) is 18.5. The van der Waals surface area contributed by atoms with E-state index in [0.717, 1.165) is 63.4 Å². The normalized spacial score (nSPS) is 17.3. The van der Waals surface area contributed by atoms with E-state index in [9.17, 15) is 4.79 Å². The molecule has 6 aromatic carbocycles. The smallest absolute Gasteiger partial charge is 0.410 e. The number of fused-ring (bicyclic) bond motifs is 4. The molecule has 0 spiro atoms. The van der Waals surface area contributed by atoms with Crippen molar-refractivity contribution < 1.29 is 28.1 Å². The van der Waals surface area contributed by atoms with Crippen molar-refractivity contribution in [2.45, 2.75) is 95.7 Å². The molecule has 3 atom stereocenters. The van der Waals surface area contributed by atoms with Gasteiger partial charge in [0.2, 0.25) is 0 Å². The highest BCUT2D eigenvalue weighted by Crippen LogP contribution is 2.54. The fourth-order valence-corrected chi connectivity index (χ4v) is 10.9. The second-order valence-corrected chi connectivity index (χ2v) is 20.3. The number of halogens is 1. The highest BCUT2D eigenvalue weighted by molar-refractivity contribution is 6.06. The molecule has 3 fully saturated rings. The number of hydrogen-bond acceptors (Lipinski definition) is 9. The van der Waals surface area contributed by atoms with E-state index in [1.54, 1.807) is 13.2 Å². The number of methoxy groups -OCH3 is 1. The zero-order chi connectivity index (χ0) is 49.0. The zero-order valence-corrected chi connectivity index (χ0v) is 41.1. The topological polar surface area (TPSA) is 104 Å². The van der Waals surface area contributed by atoms with Gasteiger partial charge in [-0.3, -0.25) is 4.68 Å². The first-order chi connectivity index (χ1) is 34.4. The number of aromatic nitrogens is 4. The predicted molar refractivity (Wildman–Crippen MR) is 275 cm³/mol. The van der Waals surface area contributed by atoms with E-state index in [1.165, 1.54) is 0 Å². The van der Waals surface area contributed by atoms with E-state index < -0.39 is 11.1 Å². The summed E-state index contributed by atoms with van der Waals surface area (Å²) >= 11 is 0. The van der Waals surface area contributed by atoms with Crippen LogP contribution in [0.4, 0.5) is 15.0 Å². The van der Waals surface area contributed by atoms with E-state index in [1.807, 2.05) is 92.7 Å². The van der Waals surface area contributed by atoms with E-state index >= 15 is 4.39 Å². The van der Waals surface area contributed by atoms with Gasteiger partial charge in [-0.05, 0) is 99.2 Å². The first-order valence-electron chi connectivity index (χ1n) is 24.7. The lowest BCUT2D eigenvalue weighted by molar-refractivity contribution is 0.0214. The summed E-state index contributed by atoms with van der Waals surface area (Å²) in [5, 5.41) is 6.99. The van der Waals surface area contributed by atoms with Crippen LogP contribution in [-0.4, -0.2) is 81.3 Å². The number of rotatable bonds is 14. The lowest BCUT2D eigenvalue weighted by Crippen LogP contribution is -2.50. The quantitative estimate of drug-likeness (QED) is 0.0986. The van der Waals surface area contributed by atoms with Gasteiger partial charge in [0.25, 0.3) is 0 Å². The summed E-state index contributed by atoms with van der Waals surface area (Å²) in [5.41, 5.74) is 6.47. The predicted octanol–water partition coefficient (Wildman–Crippen LogP) is 12.0. The molecule has 3 aliphatic rings. The number of carbonyl (C=O) groups is 1. The van der Waals surface area contributed by atoms with Gasteiger partial charge in [0.15, 0.2) is 5.75 Å². The second-order valence-electron chi connectivity index (χ2n) is 20.3. The van der Waals surface area contributed by atoms with Gasteiger partial charge in [-0.15, -0.1) is 0 Å². The number of likely N-dealkylation sites (tertiary alicyclic amines) is 1. The Labute approximate surface area is 414 Å². The summed E-state index contributed by atoms with van der Waals surface area (Å²) in [7, 11) is 1.64. The van der Waals surface area contributed by atoms with Crippen LogP contribution in [0.15, 0.2) is 140 Å². The first kappa shape index (κ1) is 46.1. The Morgan fingerprint density at radius 1 is 0.789 bits per heavy atom. The molecule has 2 aliphatic heterocycles. The van der Waals surface area contributed by atoms with Crippen LogP contribution < -0.4 is 14.4 Å². The van der Waals surface area contributed by atoms with Crippen LogP contribution in [0, 0.1) is 12.7 Å². The highest BCUT2D eigenvalue weighted by atomic mass is 19.1. The molecular weight excluding hydrogens is 892 g/mol. The minimum Gasteiger partial charge on any atom is -0.486 e. The molecule has 2 saturated heterocycles. The summed E-state index contributed by atoms with van der Waals surface area (Å²) < 4.78 is 44.2. The van der Waals surface area contributed by atoms with Gasteiger partial charge in [0.1, 0.15) is 41.0 Å². The maximum Gasteiger partial charge on any atom is 0.410 e. The number of amides is 1. The number of carbonyl (C=O) groups excluding carboxylic acids is 1. The fraction of sp³-hybridized carbons (Fsp3) is 0.322. The molecule has 0 radical (unpaired) electrons. The van der Waals surface area contributed by atoms with Crippen molar-refractivity contribution in [2.75, 3.05) is 31.7 Å². The van der Waals surface area contributed by atoms with E-state index in [2.05, 4.69) is 90.0 Å². The summed E-state index contributed by atoms with van der Waals surface area (Å²) in [6, 6.07) is 45.1. The van der Waals surface area contributed by atoms with Crippen molar-refractivity contribution in [3.05, 3.63) is 179 Å². The molecule has 2 bridgehead atoms. The summed E-state index contributed by atoms with van der Waals surface area (Å²) in [6.45, 7) is 11.0. The van der Waals surface area contributed by atoms with Gasteiger partial charge in [-0.1, -0.05) is 121 Å². The summed E-state index contributed by atoms with van der Waals surface area (Å²) in [6.07, 6.45) is 4.09. The summed E-state index contributed by atoms with van der Waals surface area (Å²) in [4.78, 5) is 28.1. The van der Waals surface area contributed by atoms with Crippen LogP contribution in [0.3, 0.4) is 0 Å². The Hall–Kier alpha value is -7.31. The van der Waals surface area contributed by atoms with Crippen molar-refractivity contribution in [3.63, 3.8) is 0 Å². The lowest BCUT2D eigenvalue weighted by Gasteiger charge is -2.36. The maximum absolute atomic E-state index is 17.1. The number of anilines is 1. The zero-order valence-electron chi connectivity index (χ0n) is 41.1. The van der Waals surface area contributed by atoms with Crippen LogP contribution in [0.25, 0.3) is 32.9 Å². The Bertz CT molecular complexity index is 3140. The van der Waals surface area contributed by atoms with Gasteiger partial charge >= 0.3 is 12.1 Å². The minimum atomic E-state index is -0.943. The van der Waals surface area contributed by atoms with Crippen molar-refractivity contribution in [3.8, 4) is 22.9 Å². The number of nitrogens with zero attached hydrogens (tertiary/aromatic N) is 6. The first-order valence-corrected chi connectivity index (χ1v) is 24.7. The Kier molecular flexibility index (Phi) is 12.0. The largest absolute Gasteiger partial charge is 0.486 e. The third-order valence-electron chi connectivity index (χ3n) is 14.2. The van der Waals surface area contributed by atoms with Gasteiger partial charge in [0.05, 0.1) is 24.2 Å². The van der Waals surface area contributed by atoms with Gasteiger partial charge in [-0.25, -0.2) is 9.18 Å². The molecule has 71 heavy (non-hydrogen) atoms. The van der Waals surface area contributed by atoms with Crippen LogP contribution >= 0.6 is 0 Å². The van der Waals surface area contributed by atoms with E-state index in [-0.39, 0.29) is 48.6 Å². The molecule has 1 amide bonds. The van der Waals surface area contributed by atoms with Crippen molar-refractivity contribution in [1.29, 1.82) is 0 Å². The Balaban J connectivity index is 1.17. The molecule has 11 rings (SSSR count). The van der Waals surface area contributed by atoms with Gasteiger partial charge < -0.3 is 28.7 Å². The average Bonchev–Trinajstić information content (AvgIpc) is 3.81. The van der Waals surface area contributed by atoms with Crippen LogP contribution in [-0.2, 0) is 21.6 Å². The average molecular weight is 951 g/mol. The third-order valence-corrected chi connectivity index (χ3v) is 14.2. The maximum atomic E-state index is 17.1. The molecule has 362 valence electrons. The molecule has 11 nitrogen and oxygen atoms in total. The minimum absolute atomic E-state index is 0.0253. The third kappa shape index (κ3) is 8.51. The highest BCUT2D eigenvalue weighted by Gasteiger charge is 2.48. The summed E-state index contributed by atoms with van der Waals surface area (Å²) in [5.74, 6) is 1.02. The monoisotopic (exact) mass is 950 g/mol. The molecule has 1 aliphatic carbocycles. The standard InChI is InChI=1S/C59H59FN6O5/c1-37(35-68-6)70-56-61-53-47(55(62-56)64-32-45-29-44(64)33-65(45)57(67)71-58(3,4)5)30-46(40-27-28-40)52(54(53)69-36-39-19-11-7-12-20-39)51-38(2)49(60)31-50-48(51)34-66(63-50)59(41-21-13-8-14-22-41,42-23-15-9-16-24-42)43-25-17-10-18-26-43/h7-26,30-31,34,37,40,44-45H,27-29,32-33,35-36H2,1-6H3/t37-,44-,45-/m0/s1. The SMILES string of the molecule is COC[C@H](C)Oc1nc(N2C[C@@H]3C[C@H]2CN3C(=O)OC(C)(C)C)c2cc(C3CC3)c(-c3c(C)c(F)cc4nn(C(c5ccccc5)(c5ccccc5)c5ccccc5)cc34)c(OCc3ccccc3)c2n1. The fourth-order valence-electron chi connectivity index (χ4n) is 10.9. The molecule has 0 N–H and O–H groups in total. The lowest BCUT2D eigenvalue weighted by atomic mass is 9.77. The number of ether oxygens (including phenoxy) is 4. The number of hydrogen-bond donors (Lipinski definition) is 0. The van der Waals surface area contributed by atoms with Crippen LogP contribution in [0.2, 0.25) is 0 Å². The van der Waals surface area contributed by atoms with Crippen molar-refractivity contribution in [2.24, 2.45) is 0 Å².